The number of aliphatic hydroxyl groups is 1. The zero-order valence-electron chi connectivity index (χ0n) is 9.88. The van der Waals surface area contributed by atoms with E-state index in [2.05, 4.69) is 10.6 Å². The van der Waals surface area contributed by atoms with Crippen molar-refractivity contribution in [3.8, 4) is 0 Å². The molecule has 0 aromatic carbocycles. The molecule has 5 nitrogen and oxygen atoms in total. The van der Waals surface area contributed by atoms with Gasteiger partial charge in [0.05, 0.1) is 0 Å². The van der Waals surface area contributed by atoms with Crippen LogP contribution in [-0.4, -0.2) is 35.1 Å². The summed E-state index contributed by atoms with van der Waals surface area (Å²) in [5, 5.41) is 14.5. The van der Waals surface area contributed by atoms with Crippen molar-refractivity contribution in [2.75, 3.05) is 6.61 Å². The number of amides is 2. The predicted octanol–water partition coefficient (Wildman–Crippen LogP) is -0.0677. The van der Waals surface area contributed by atoms with Crippen LogP contribution in [0.4, 0.5) is 0 Å². The molecule has 16 heavy (non-hydrogen) atoms. The zero-order chi connectivity index (χ0) is 12.2. The first-order valence-corrected chi connectivity index (χ1v) is 5.73. The fraction of sp³-hybridized carbons (Fsp3) is 0.818. The van der Waals surface area contributed by atoms with Gasteiger partial charge in [-0.15, -0.1) is 0 Å². The van der Waals surface area contributed by atoms with Crippen molar-refractivity contribution in [3.05, 3.63) is 0 Å². The lowest BCUT2D eigenvalue weighted by atomic mass is 9.94. The lowest BCUT2D eigenvalue weighted by Gasteiger charge is -2.30. The Balaban J connectivity index is 2.52. The molecule has 0 spiro atoms. The molecular weight excluding hydrogens is 208 g/mol. The molecule has 1 aliphatic heterocycles. The Labute approximate surface area is 95.6 Å². The first-order valence-electron chi connectivity index (χ1n) is 5.73. The topological polar surface area (TPSA) is 78.4 Å². The van der Waals surface area contributed by atoms with E-state index in [-0.39, 0.29) is 24.0 Å². The molecule has 2 atom stereocenters. The maximum absolute atomic E-state index is 11.8. The van der Waals surface area contributed by atoms with E-state index >= 15 is 0 Å². The standard InChI is InChI=1S/C11H20N2O3/c1-3-11(2,6-7-14)13-10(16)8-4-5-9(15)12-8/h8,14H,3-7H2,1-2H3,(H,12,15)(H,13,16)/t8-,11?/m1/s1. The van der Waals surface area contributed by atoms with Crippen LogP contribution in [0.15, 0.2) is 0 Å². The second-order valence-electron chi connectivity index (χ2n) is 4.54. The van der Waals surface area contributed by atoms with Crippen LogP contribution in [0.2, 0.25) is 0 Å². The molecule has 0 radical (unpaired) electrons. The van der Waals surface area contributed by atoms with Gasteiger partial charge in [-0.2, -0.15) is 0 Å². The molecule has 5 heteroatoms. The summed E-state index contributed by atoms with van der Waals surface area (Å²) >= 11 is 0. The van der Waals surface area contributed by atoms with Crippen LogP contribution in [0.25, 0.3) is 0 Å². The van der Waals surface area contributed by atoms with Gasteiger partial charge in [-0.1, -0.05) is 6.92 Å². The summed E-state index contributed by atoms with van der Waals surface area (Å²) in [6, 6.07) is -0.405. The van der Waals surface area contributed by atoms with Crippen LogP contribution in [-0.2, 0) is 9.59 Å². The molecule has 92 valence electrons. The lowest BCUT2D eigenvalue weighted by Crippen LogP contribution is -2.52. The second kappa shape index (κ2) is 5.30. The van der Waals surface area contributed by atoms with Crippen LogP contribution < -0.4 is 10.6 Å². The fourth-order valence-corrected chi connectivity index (χ4v) is 1.77. The first-order chi connectivity index (χ1) is 7.50. The molecule has 1 unspecified atom stereocenters. The van der Waals surface area contributed by atoms with Gasteiger partial charge in [-0.3, -0.25) is 9.59 Å². The SMILES string of the molecule is CCC(C)(CCO)NC(=O)[C@H]1CCC(=O)N1. The van der Waals surface area contributed by atoms with Crippen molar-refractivity contribution in [2.45, 2.75) is 51.1 Å². The zero-order valence-corrected chi connectivity index (χ0v) is 9.88. The van der Waals surface area contributed by atoms with Crippen LogP contribution in [0.3, 0.4) is 0 Å². The third-order valence-electron chi connectivity index (χ3n) is 3.18. The van der Waals surface area contributed by atoms with E-state index in [0.29, 0.717) is 19.3 Å². The van der Waals surface area contributed by atoms with Crippen LogP contribution in [0.1, 0.15) is 39.5 Å². The van der Waals surface area contributed by atoms with Crippen molar-refractivity contribution in [1.82, 2.24) is 10.6 Å². The summed E-state index contributed by atoms with van der Waals surface area (Å²) in [4.78, 5) is 22.8. The molecule has 0 bridgehead atoms. The fourth-order valence-electron chi connectivity index (χ4n) is 1.77. The summed E-state index contributed by atoms with van der Waals surface area (Å²) in [7, 11) is 0. The van der Waals surface area contributed by atoms with Gasteiger partial charge in [0.25, 0.3) is 0 Å². The van der Waals surface area contributed by atoms with Gasteiger partial charge in [0.2, 0.25) is 11.8 Å². The summed E-state index contributed by atoms with van der Waals surface area (Å²) < 4.78 is 0. The maximum atomic E-state index is 11.8. The van der Waals surface area contributed by atoms with E-state index in [0.717, 1.165) is 6.42 Å². The van der Waals surface area contributed by atoms with Gasteiger partial charge in [0, 0.05) is 18.6 Å². The quantitative estimate of drug-likeness (QED) is 0.616. The minimum atomic E-state index is -0.405. The molecule has 1 heterocycles. The van der Waals surface area contributed by atoms with Crippen molar-refractivity contribution in [2.24, 2.45) is 0 Å². The van der Waals surface area contributed by atoms with Crippen molar-refractivity contribution < 1.29 is 14.7 Å². The predicted molar refractivity (Wildman–Crippen MR) is 59.7 cm³/mol. The van der Waals surface area contributed by atoms with Gasteiger partial charge in [-0.25, -0.2) is 0 Å². The normalized spacial score (nSPS) is 23.7. The molecule has 1 fully saturated rings. The Morgan fingerprint density at radius 1 is 1.69 bits per heavy atom. The Bertz CT molecular complexity index is 280. The van der Waals surface area contributed by atoms with Gasteiger partial charge in [-0.05, 0) is 26.2 Å². The monoisotopic (exact) mass is 228 g/mol. The number of nitrogens with one attached hydrogen (secondary N) is 2. The van der Waals surface area contributed by atoms with E-state index in [9.17, 15) is 9.59 Å². The number of rotatable bonds is 5. The summed E-state index contributed by atoms with van der Waals surface area (Å²) in [6.07, 6.45) is 2.25. The molecule has 0 aromatic heterocycles. The summed E-state index contributed by atoms with van der Waals surface area (Å²) in [5.74, 6) is -0.218. The number of hydrogen-bond donors (Lipinski definition) is 3. The number of carbonyl (C=O) groups is 2. The van der Waals surface area contributed by atoms with E-state index in [1.807, 2.05) is 13.8 Å². The maximum Gasteiger partial charge on any atom is 0.243 e. The molecular formula is C11H20N2O3. The smallest absolute Gasteiger partial charge is 0.243 e. The molecule has 1 rings (SSSR count). The van der Waals surface area contributed by atoms with Gasteiger partial charge >= 0.3 is 0 Å². The highest BCUT2D eigenvalue weighted by Crippen LogP contribution is 2.15. The van der Waals surface area contributed by atoms with Crippen LogP contribution in [0, 0.1) is 0 Å². The Hall–Kier alpha value is -1.10. The molecule has 1 aliphatic rings. The van der Waals surface area contributed by atoms with Gasteiger partial charge in [0.1, 0.15) is 6.04 Å². The van der Waals surface area contributed by atoms with E-state index < -0.39 is 6.04 Å². The highest BCUT2D eigenvalue weighted by molar-refractivity contribution is 5.91. The molecule has 0 aromatic rings. The highest BCUT2D eigenvalue weighted by Gasteiger charge is 2.31. The molecule has 1 saturated heterocycles. The molecule has 0 saturated carbocycles. The largest absolute Gasteiger partial charge is 0.396 e. The molecule has 0 aliphatic carbocycles. The summed E-state index contributed by atoms with van der Waals surface area (Å²) in [6.45, 7) is 3.91. The minimum absolute atomic E-state index is 0.0433. The number of carbonyl (C=O) groups excluding carboxylic acids is 2. The summed E-state index contributed by atoms with van der Waals surface area (Å²) in [5.41, 5.74) is -0.390. The Morgan fingerprint density at radius 2 is 2.38 bits per heavy atom. The highest BCUT2D eigenvalue weighted by atomic mass is 16.3. The lowest BCUT2D eigenvalue weighted by molar-refractivity contribution is -0.127. The molecule has 2 amide bonds. The third-order valence-corrected chi connectivity index (χ3v) is 3.18. The third kappa shape index (κ3) is 3.20. The Morgan fingerprint density at radius 3 is 2.81 bits per heavy atom. The average Bonchev–Trinajstić information content (AvgIpc) is 2.65. The Kier molecular flexibility index (Phi) is 4.29. The van der Waals surface area contributed by atoms with Crippen molar-refractivity contribution in [1.29, 1.82) is 0 Å². The van der Waals surface area contributed by atoms with Gasteiger partial charge in [0.15, 0.2) is 0 Å². The van der Waals surface area contributed by atoms with Crippen molar-refractivity contribution >= 4 is 11.8 Å². The van der Waals surface area contributed by atoms with Crippen LogP contribution >= 0.6 is 0 Å². The van der Waals surface area contributed by atoms with E-state index in [1.54, 1.807) is 0 Å². The molecule has 3 N–H and O–H groups in total. The van der Waals surface area contributed by atoms with Crippen LogP contribution in [0.5, 0.6) is 0 Å². The first kappa shape index (κ1) is 13.0. The van der Waals surface area contributed by atoms with Gasteiger partial charge < -0.3 is 15.7 Å². The van der Waals surface area contributed by atoms with Crippen molar-refractivity contribution in [3.63, 3.8) is 0 Å². The van der Waals surface area contributed by atoms with E-state index in [4.69, 9.17) is 5.11 Å². The number of aliphatic hydroxyl groups excluding tert-OH is 1. The average molecular weight is 228 g/mol. The second-order valence-corrected chi connectivity index (χ2v) is 4.54. The minimum Gasteiger partial charge on any atom is -0.396 e. The van der Waals surface area contributed by atoms with E-state index in [1.165, 1.54) is 0 Å². The number of hydrogen-bond acceptors (Lipinski definition) is 3.